The first kappa shape index (κ1) is 11.4. The number of likely N-dealkylation sites (N-methyl/N-ethyl adjacent to an activating group) is 1. The van der Waals surface area contributed by atoms with Gasteiger partial charge in [0.2, 0.25) is 0 Å². The molecular weight excluding hydrogens is 224 g/mol. The molecule has 2 rings (SSSR count). The van der Waals surface area contributed by atoms with Crippen molar-refractivity contribution in [2.24, 2.45) is 7.05 Å². The second-order valence-corrected chi connectivity index (χ2v) is 3.69. The summed E-state index contributed by atoms with van der Waals surface area (Å²) in [4.78, 5) is 23.9. The van der Waals surface area contributed by atoms with E-state index in [1.165, 1.54) is 9.47 Å². The first-order chi connectivity index (χ1) is 8.04. The molecule has 0 aliphatic heterocycles. The molecule has 90 valence electrons. The van der Waals surface area contributed by atoms with Crippen LogP contribution in [-0.4, -0.2) is 29.2 Å². The fraction of sp³-hybridized carbons (Fsp3) is 0.273. The van der Waals surface area contributed by atoms with Gasteiger partial charge in [-0.25, -0.2) is 4.79 Å². The zero-order valence-electron chi connectivity index (χ0n) is 9.51. The summed E-state index contributed by atoms with van der Waals surface area (Å²) in [6.45, 7) is -0.562. The van der Waals surface area contributed by atoms with Gasteiger partial charge in [0.25, 0.3) is 5.91 Å². The zero-order chi connectivity index (χ0) is 12.6. The molecule has 0 spiro atoms. The topological polar surface area (TPSA) is 75.7 Å². The highest BCUT2D eigenvalue weighted by molar-refractivity contribution is 5.95. The summed E-state index contributed by atoms with van der Waals surface area (Å²) in [5.74, 6) is -0.879. The molecule has 6 nitrogen and oxygen atoms in total. The van der Waals surface area contributed by atoms with Crippen molar-refractivity contribution in [2.45, 2.75) is 0 Å². The number of nitrogens with zero attached hydrogens (tertiary/aromatic N) is 2. The summed E-state index contributed by atoms with van der Waals surface area (Å²) >= 11 is 0. The number of aromatic nitrogens is 1. The van der Waals surface area contributed by atoms with Crippen LogP contribution in [0.25, 0.3) is 11.1 Å². The number of aliphatic hydroxyl groups excluding tert-OH is 1. The molecule has 0 bridgehead atoms. The van der Waals surface area contributed by atoms with Crippen LogP contribution in [0.15, 0.2) is 27.4 Å². The summed E-state index contributed by atoms with van der Waals surface area (Å²) in [5, 5.41) is 8.76. The zero-order valence-corrected chi connectivity index (χ0v) is 9.51. The monoisotopic (exact) mass is 236 g/mol. The normalized spacial score (nSPS) is 10.8. The van der Waals surface area contributed by atoms with Crippen LogP contribution in [0.5, 0.6) is 0 Å². The van der Waals surface area contributed by atoms with Gasteiger partial charge in [-0.3, -0.25) is 9.36 Å². The number of fused-ring (bicyclic) bond motifs is 1. The van der Waals surface area contributed by atoms with Gasteiger partial charge in [-0.05, 0) is 12.1 Å². The van der Waals surface area contributed by atoms with E-state index in [2.05, 4.69) is 0 Å². The number of carbonyl (C=O) groups is 1. The van der Waals surface area contributed by atoms with Gasteiger partial charge in [-0.15, -0.1) is 0 Å². The Labute approximate surface area is 96.7 Å². The molecule has 2 aromatic rings. The van der Waals surface area contributed by atoms with Gasteiger partial charge >= 0.3 is 5.76 Å². The molecule has 1 amide bonds. The molecule has 1 heterocycles. The third-order valence-electron chi connectivity index (χ3n) is 2.67. The molecule has 0 saturated heterocycles. The maximum atomic E-state index is 11.3. The maximum absolute atomic E-state index is 11.3. The Kier molecular flexibility index (Phi) is 2.72. The van der Waals surface area contributed by atoms with Crippen molar-refractivity contribution in [3.63, 3.8) is 0 Å². The molecule has 0 unspecified atom stereocenters. The second-order valence-electron chi connectivity index (χ2n) is 3.69. The molecule has 0 atom stereocenters. The van der Waals surface area contributed by atoms with Crippen LogP contribution in [0.3, 0.4) is 0 Å². The average Bonchev–Trinajstić information content (AvgIpc) is 2.62. The summed E-state index contributed by atoms with van der Waals surface area (Å²) in [7, 11) is 3.15. The van der Waals surface area contributed by atoms with Gasteiger partial charge in [-0.2, -0.15) is 0 Å². The van der Waals surface area contributed by atoms with E-state index in [-0.39, 0.29) is 0 Å². The number of aliphatic hydroxyl groups is 1. The fourth-order valence-electron chi connectivity index (χ4n) is 1.58. The number of hydrogen-bond acceptors (Lipinski definition) is 4. The molecule has 0 aliphatic rings. The lowest BCUT2D eigenvalue weighted by Crippen LogP contribution is -2.28. The van der Waals surface area contributed by atoms with E-state index in [1.54, 1.807) is 32.3 Å². The van der Waals surface area contributed by atoms with Crippen LogP contribution in [-0.2, 0) is 11.8 Å². The number of oxazole rings is 1. The van der Waals surface area contributed by atoms with Gasteiger partial charge in [0.1, 0.15) is 6.61 Å². The number of carbonyl (C=O) groups excluding carboxylic acids is 1. The number of amides is 1. The van der Waals surface area contributed by atoms with Gasteiger partial charge in [0, 0.05) is 25.8 Å². The average molecular weight is 236 g/mol. The van der Waals surface area contributed by atoms with Gasteiger partial charge in [0.15, 0.2) is 5.58 Å². The number of hydrogen-bond donors (Lipinski definition) is 1. The highest BCUT2D eigenvalue weighted by atomic mass is 16.4. The van der Waals surface area contributed by atoms with E-state index in [0.29, 0.717) is 16.8 Å². The SMILES string of the molecule is CN(C(=O)CO)c1ccc2c(c1)oc(=O)n2C. The number of aryl methyl sites for hydroxylation is 1. The molecule has 0 saturated carbocycles. The molecular formula is C11H12N2O4. The van der Waals surface area contributed by atoms with E-state index in [0.717, 1.165) is 0 Å². The van der Waals surface area contributed by atoms with E-state index < -0.39 is 18.3 Å². The van der Waals surface area contributed by atoms with Crippen molar-refractivity contribution in [1.82, 2.24) is 4.57 Å². The third-order valence-corrected chi connectivity index (χ3v) is 2.67. The Morgan fingerprint density at radius 2 is 2.24 bits per heavy atom. The molecule has 0 aliphatic carbocycles. The van der Waals surface area contributed by atoms with Crippen LogP contribution in [0, 0.1) is 0 Å². The van der Waals surface area contributed by atoms with Crippen LogP contribution in [0.1, 0.15) is 0 Å². The Morgan fingerprint density at radius 1 is 1.53 bits per heavy atom. The lowest BCUT2D eigenvalue weighted by atomic mass is 10.2. The summed E-state index contributed by atoms with van der Waals surface area (Å²) in [5.41, 5.74) is 1.63. The minimum Gasteiger partial charge on any atom is -0.408 e. The predicted molar refractivity (Wildman–Crippen MR) is 62.0 cm³/mol. The molecule has 6 heteroatoms. The van der Waals surface area contributed by atoms with Crippen molar-refractivity contribution in [2.75, 3.05) is 18.6 Å². The quantitative estimate of drug-likeness (QED) is 0.801. The van der Waals surface area contributed by atoms with E-state index >= 15 is 0 Å². The fourth-order valence-corrected chi connectivity index (χ4v) is 1.58. The van der Waals surface area contributed by atoms with Crippen molar-refractivity contribution in [3.8, 4) is 0 Å². The Balaban J connectivity index is 2.52. The van der Waals surface area contributed by atoms with Gasteiger partial charge in [-0.1, -0.05) is 0 Å². The lowest BCUT2D eigenvalue weighted by Gasteiger charge is -2.15. The first-order valence-corrected chi connectivity index (χ1v) is 5.01. The Morgan fingerprint density at radius 3 is 2.88 bits per heavy atom. The summed E-state index contributed by atoms with van der Waals surface area (Å²) < 4.78 is 6.39. The second kappa shape index (κ2) is 4.06. The minimum absolute atomic E-state index is 0.410. The largest absolute Gasteiger partial charge is 0.419 e. The van der Waals surface area contributed by atoms with Gasteiger partial charge in [0.05, 0.1) is 5.52 Å². The smallest absolute Gasteiger partial charge is 0.408 e. The van der Waals surface area contributed by atoms with Crippen LogP contribution < -0.4 is 10.7 Å². The standard InChI is InChI=1S/C11H12N2O4/c1-12(10(15)6-14)7-3-4-8-9(5-7)17-11(16)13(8)2/h3-5,14H,6H2,1-2H3. The molecule has 17 heavy (non-hydrogen) atoms. The minimum atomic E-state index is -0.562. The summed E-state index contributed by atoms with van der Waals surface area (Å²) in [6.07, 6.45) is 0. The number of benzene rings is 1. The highest BCUT2D eigenvalue weighted by Gasteiger charge is 2.12. The predicted octanol–water partition coefficient (Wildman–Crippen LogP) is 0.0866. The molecule has 1 aromatic heterocycles. The van der Waals surface area contributed by atoms with E-state index in [9.17, 15) is 9.59 Å². The van der Waals surface area contributed by atoms with Crippen molar-refractivity contribution in [1.29, 1.82) is 0 Å². The highest BCUT2D eigenvalue weighted by Crippen LogP contribution is 2.20. The Bertz CT molecular complexity index is 626. The van der Waals surface area contributed by atoms with E-state index in [1.807, 2.05) is 0 Å². The summed E-state index contributed by atoms with van der Waals surface area (Å²) in [6, 6.07) is 4.96. The number of anilines is 1. The molecule has 0 radical (unpaired) electrons. The van der Waals surface area contributed by atoms with E-state index in [4.69, 9.17) is 9.52 Å². The molecule has 1 N–H and O–H groups in total. The van der Waals surface area contributed by atoms with Crippen LogP contribution >= 0.6 is 0 Å². The lowest BCUT2D eigenvalue weighted by molar-refractivity contribution is -0.120. The van der Waals surface area contributed by atoms with Crippen LogP contribution in [0.4, 0.5) is 5.69 Å². The third kappa shape index (κ3) is 1.83. The first-order valence-electron chi connectivity index (χ1n) is 5.01. The number of rotatable bonds is 2. The van der Waals surface area contributed by atoms with Gasteiger partial charge < -0.3 is 14.4 Å². The van der Waals surface area contributed by atoms with Crippen molar-refractivity contribution in [3.05, 3.63) is 28.7 Å². The molecule has 0 fully saturated rings. The molecule has 1 aromatic carbocycles. The van der Waals surface area contributed by atoms with Crippen molar-refractivity contribution < 1.29 is 14.3 Å². The van der Waals surface area contributed by atoms with Crippen LogP contribution in [0.2, 0.25) is 0 Å². The van der Waals surface area contributed by atoms with Crippen molar-refractivity contribution >= 4 is 22.7 Å². The Hall–Kier alpha value is -2.08. The maximum Gasteiger partial charge on any atom is 0.419 e.